The second kappa shape index (κ2) is 12.0. The molecular weight excluding hydrogens is 324 g/mol. The molecule has 0 heterocycles. The van der Waals surface area contributed by atoms with Crippen molar-refractivity contribution in [1.82, 2.24) is 0 Å². The molecule has 0 saturated heterocycles. The van der Waals surface area contributed by atoms with E-state index in [-0.39, 0.29) is 0 Å². The van der Waals surface area contributed by atoms with Gasteiger partial charge < -0.3 is 0 Å². The number of allylic oxidation sites excluding steroid dienone is 5. The van der Waals surface area contributed by atoms with Gasteiger partial charge in [-0.1, -0.05) is 61.3 Å². The van der Waals surface area contributed by atoms with E-state index in [0.29, 0.717) is 0 Å². The molecular formula is C27H42. The minimum absolute atomic E-state index is 1.01. The molecule has 0 aromatic heterocycles. The van der Waals surface area contributed by atoms with Gasteiger partial charge in [-0.15, -0.1) is 0 Å². The molecule has 0 N–H and O–H groups in total. The van der Waals surface area contributed by atoms with Crippen molar-refractivity contribution in [3.05, 3.63) is 69.3 Å². The number of hydrogen-bond donors (Lipinski definition) is 0. The van der Waals surface area contributed by atoms with E-state index < -0.39 is 0 Å². The van der Waals surface area contributed by atoms with Gasteiger partial charge in [0.15, 0.2) is 0 Å². The van der Waals surface area contributed by atoms with E-state index in [1.54, 1.807) is 5.56 Å². The molecule has 1 aromatic carbocycles. The largest absolute Gasteiger partial charge is 0.0998 e. The molecule has 0 radical (unpaired) electrons. The molecule has 0 amide bonds. The zero-order valence-electron chi connectivity index (χ0n) is 19.1. The second-order valence-corrected chi connectivity index (χ2v) is 8.60. The molecule has 0 heteroatoms. The molecule has 0 bridgehead atoms. The van der Waals surface area contributed by atoms with E-state index >= 15 is 0 Å². The molecule has 27 heavy (non-hydrogen) atoms. The Morgan fingerprint density at radius 2 is 1.70 bits per heavy atom. The van der Waals surface area contributed by atoms with Gasteiger partial charge in [-0.3, -0.25) is 0 Å². The Kier molecular flexibility index (Phi) is 10.4. The zero-order chi connectivity index (χ0) is 20.4. The van der Waals surface area contributed by atoms with Crippen molar-refractivity contribution in [2.45, 2.75) is 99.8 Å². The Labute approximate surface area is 169 Å². The average Bonchev–Trinajstić information content (AvgIpc) is 2.58. The summed E-state index contributed by atoms with van der Waals surface area (Å²) in [6.07, 6.45) is 14.3. The minimum Gasteiger partial charge on any atom is -0.0998 e. The average molecular weight is 367 g/mol. The molecule has 1 rings (SSSR count). The van der Waals surface area contributed by atoms with Gasteiger partial charge in [0.2, 0.25) is 0 Å². The summed E-state index contributed by atoms with van der Waals surface area (Å²) in [5, 5.41) is 0. The molecule has 150 valence electrons. The second-order valence-electron chi connectivity index (χ2n) is 8.60. The highest BCUT2D eigenvalue weighted by Crippen LogP contribution is 2.27. The van der Waals surface area contributed by atoms with Crippen LogP contribution < -0.4 is 0 Å². The lowest BCUT2D eigenvalue weighted by Crippen LogP contribution is -2.05. The molecule has 0 atom stereocenters. The first-order valence-corrected chi connectivity index (χ1v) is 10.8. The first-order valence-electron chi connectivity index (χ1n) is 10.8. The highest BCUT2D eigenvalue weighted by Gasteiger charge is 2.13. The molecule has 0 spiro atoms. The summed E-state index contributed by atoms with van der Waals surface area (Å²) < 4.78 is 0. The predicted molar refractivity (Wildman–Crippen MR) is 124 cm³/mol. The highest BCUT2D eigenvalue weighted by atomic mass is 14.2. The monoisotopic (exact) mass is 366 g/mol. The van der Waals surface area contributed by atoms with Crippen molar-refractivity contribution in [3.63, 3.8) is 0 Å². The number of aryl methyl sites for hydroxylation is 1. The molecule has 0 unspecified atom stereocenters. The van der Waals surface area contributed by atoms with Crippen LogP contribution in [0.2, 0.25) is 0 Å². The number of rotatable bonds is 11. The molecule has 0 fully saturated rings. The van der Waals surface area contributed by atoms with Gasteiger partial charge in [0.1, 0.15) is 0 Å². The van der Waals surface area contributed by atoms with Crippen molar-refractivity contribution in [1.29, 1.82) is 0 Å². The Hall–Kier alpha value is -1.56. The number of hydrogen-bond acceptors (Lipinski definition) is 0. The summed E-state index contributed by atoms with van der Waals surface area (Å²) >= 11 is 0. The normalized spacial score (nSPS) is 11.6. The molecule has 0 aliphatic heterocycles. The smallest absolute Gasteiger partial charge is 0.00670 e. The van der Waals surface area contributed by atoms with E-state index in [1.165, 1.54) is 64.7 Å². The molecule has 0 aliphatic rings. The summed E-state index contributed by atoms with van der Waals surface area (Å²) in [4.78, 5) is 0. The van der Waals surface area contributed by atoms with Crippen LogP contribution in [0.1, 0.15) is 94.5 Å². The Bertz CT molecular complexity index is 678. The summed E-state index contributed by atoms with van der Waals surface area (Å²) in [7, 11) is 0. The number of unbranched alkanes of at least 4 members (excludes halogenated alkanes) is 2. The number of benzene rings is 1. The SMILES string of the molecule is C=C(C)Cc1c(C/C=C(\C)CCC=C(C)C)cc(C)c(CCCCC)c1C. The van der Waals surface area contributed by atoms with Crippen LogP contribution in [-0.2, 0) is 19.3 Å². The summed E-state index contributed by atoms with van der Waals surface area (Å²) in [6.45, 7) is 19.9. The molecule has 0 nitrogen and oxygen atoms in total. The van der Waals surface area contributed by atoms with Crippen LogP contribution in [0.25, 0.3) is 0 Å². The van der Waals surface area contributed by atoms with Gasteiger partial charge in [0.25, 0.3) is 0 Å². The van der Waals surface area contributed by atoms with Gasteiger partial charge in [-0.25, -0.2) is 0 Å². The van der Waals surface area contributed by atoms with Crippen molar-refractivity contribution in [2.24, 2.45) is 0 Å². The van der Waals surface area contributed by atoms with Gasteiger partial charge >= 0.3 is 0 Å². The van der Waals surface area contributed by atoms with Crippen molar-refractivity contribution < 1.29 is 0 Å². The zero-order valence-corrected chi connectivity index (χ0v) is 19.1. The Morgan fingerprint density at radius 3 is 2.30 bits per heavy atom. The maximum absolute atomic E-state index is 4.19. The van der Waals surface area contributed by atoms with Gasteiger partial charge in [-0.05, 0) is 108 Å². The maximum Gasteiger partial charge on any atom is -0.00670 e. The highest BCUT2D eigenvalue weighted by molar-refractivity contribution is 5.47. The first-order chi connectivity index (χ1) is 12.8. The van der Waals surface area contributed by atoms with E-state index in [9.17, 15) is 0 Å². The first kappa shape index (κ1) is 23.5. The van der Waals surface area contributed by atoms with Crippen LogP contribution in [0.4, 0.5) is 0 Å². The van der Waals surface area contributed by atoms with Gasteiger partial charge in [0.05, 0.1) is 0 Å². The Balaban J connectivity index is 3.06. The predicted octanol–water partition coefficient (Wildman–Crippen LogP) is 8.39. The van der Waals surface area contributed by atoms with E-state index in [1.807, 2.05) is 0 Å². The fourth-order valence-corrected chi connectivity index (χ4v) is 3.80. The van der Waals surface area contributed by atoms with E-state index in [2.05, 4.69) is 73.3 Å². The lowest BCUT2D eigenvalue weighted by Gasteiger charge is -2.19. The van der Waals surface area contributed by atoms with Crippen molar-refractivity contribution >= 4 is 0 Å². The lowest BCUT2D eigenvalue weighted by atomic mass is 9.86. The van der Waals surface area contributed by atoms with Crippen molar-refractivity contribution in [2.75, 3.05) is 0 Å². The van der Waals surface area contributed by atoms with Crippen LogP contribution in [0, 0.1) is 13.8 Å². The fourth-order valence-electron chi connectivity index (χ4n) is 3.80. The van der Waals surface area contributed by atoms with Gasteiger partial charge in [0, 0.05) is 0 Å². The van der Waals surface area contributed by atoms with Crippen LogP contribution in [-0.4, -0.2) is 0 Å². The lowest BCUT2D eigenvalue weighted by molar-refractivity contribution is 0.712. The molecule has 1 aromatic rings. The third kappa shape index (κ3) is 8.33. The summed E-state index contributed by atoms with van der Waals surface area (Å²) in [6, 6.07) is 2.45. The Morgan fingerprint density at radius 1 is 1.00 bits per heavy atom. The van der Waals surface area contributed by atoms with Crippen LogP contribution in [0.3, 0.4) is 0 Å². The van der Waals surface area contributed by atoms with Crippen LogP contribution >= 0.6 is 0 Å². The van der Waals surface area contributed by atoms with E-state index in [4.69, 9.17) is 0 Å². The maximum atomic E-state index is 4.19. The molecule has 0 aliphatic carbocycles. The topological polar surface area (TPSA) is 0 Å². The summed E-state index contributed by atoms with van der Waals surface area (Å²) in [5.41, 5.74) is 11.7. The molecule has 0 saturated carbocycles. The standard InChI is InChI=1S/C27H42/c1-9-10-11-15-26-23(7)19-25(27(24(26)8)18-21(4)5)17-16-22(6)14-12-13-20(2)3/h13,16,19H,4,9-12,14-15,17-18H2,1-3,5-8H3/b22-16+. The minimum atomic E-state index is 1.01. The third-order valence-corrected chi connectivity index (χ3v) is 5.43. The fraction of sp³-hybridized carbons (Fsp3) is 0.556. The van der Waals surface area contributed by atoms with Gasteiger partial charge in [-0.2, -0.15) is 0 Å². The quantitative estimate of drug-likeness (QED) is 0.272. The van der Waals surface area contributed by atoms with Crippen molar-refractivity contribution in [3.8, 4) is 0 Å². The van der Waals surface area contributed by atoms with Crippen LogP contribution in [0.15, 0.2) is 41.5 Å². The van der Waals surface area contributed by atoms with Crippen LogP contribution in [0.5, 0.6) is 0 Å². The van der Waals surface area contributed by atoms with E-state index in [0.717, 1.165) is 25.7 Å². The third-order valence-electron chi connectivity index (χ3n) is 5.43. The summed E-state index contributed by atoms with van der Waals surface area (Å²) in [5.74, 6) is 0.